The first-order valence-electron chi connectivity index (χ1n) is 6.66. The Morgan fingerprint density at radius 3 is 2.52 bits per heavy atom. The molecule has 4 nitrogen and oxygen atoms in total. The van der Waals surface area contributed by atoms with Crippen LogP contribution in [0.1, 0.15) is 28.4 Å². The normalized spacial score (nSPS) is 11.1. The van der Waals surface area contributed by atoms with Gasteiger partial charge in [-0.2, -0.15) is 5.10 Å². The van der Waals surface area contributed by atoms with Gasteiger partial charge in [0.25, 0.3) is 5.91 Å². The van der Waals surface area contributed by atoms with Crippen LogP contribution >= 0.6 is 0 Å². The van der Waals surface area contributed by atoms with Gasteiger partial charge in [0, 0.05) is 5.56 Å². The Morgan fingerprint density at radius 1 is 1.10 bits per heavy atom. The number of hydrazone groups is 1. The summed E-state index contributed by atoms with van der Waals surface area (Å²) < 4.78 is 5.10. The Bertz CT molecular complexity index is 678. The number of nitrogens with zero attached hydrogens (tertiary/aromatic N) is 1. The van der Waals surface area contributed by atoms with Gasteiger partial charge < -0.3 is 4.74 Å². The fourth-order valence-electron chi connectivity index (χ4n) is 1.90. The molecule has 0 aliphatic rings. The Morgan fingerprint density at radius 2 is 1.81 bits per heavy atom. The third kappa shape index (κ3) is 3.92. The smallest absolute Gasteiger partial charge is 0.271 e. The summed E-state index contributed by atoms with van der Waals surface area (Å²) in [5.41, 5.74) is 5.97. The number of benzene rings is 2. The van der Waals surface area contributed by atoms with Gasteiger partial charge in [0.15, 0.2) is 0 Å². The van der Waals surface area contributed by atoms with Crippen molar-refractivity contribution in [3.8, 4) is 5.75 Å². The van der Waals surface area contributed by atoms with Crippen molar-refractivity contribution in [2.75, 3.05) is 7.11 Å². The van der Waals surface area contributed by atoms with E-state index in [1.165, 1.54) is 0 Å². The highest BCUT2D eigenvalue weighted by molar-refractivity contribution is 6.01. The zero-order valence-corrected chi connectivity index (χ0v) is 12.4. The highest BCUT2D eigenvalue weighted by Crippen LogP contribution is 2.12. The van der Waals surface area contributed by atoms with Crippen molar-refractivity contribution in [3.05, 3.63) is 65.2 Å². The topological polar surface area (TPSA) is 50.7 Å². The van der Waals surface area contributed by atoms with Crippen LogP contribution in [0.3, 0.4) is 0 Å². The number of amides is 1. The zero-order chi connectivity index (χ0) is 15.2. The molecular formula is C17H18N2O2. The second-order valence-corrected chi connectivity index (χ2v) is 4.74. The minimum Gasteiger partial charge on any atom is -0.497 e. The van der Waals surface area contributed by atoms with Gasteiger partial charge in [-0.15, -0.1) is 0 Å². The lowest BCUT2D eigenvalue weighted by molar-refractivity contribution is 0.0954. The van der Waals surface area contributed by atoms with E-state index in [4.69, 9.17) is 4.74 Å². The average Bonchev–Trinajstić information content (AvgIpc) is 2.52. The monoisotopic (exact) mass is 282 g/mol. The second kappa shape index (κ2) is 6.70. The van der Waals surface area contributed by atoms with Crippen LogP contribution in [0.25, 0.3) is 0 Å². The predicted octanol–water partition coefficient (Wildman–Crippen LogP) is 3.16. The highest BCUT2D eigenvalue weighted by atomic mass is 16.5. The Kier molecular flexibility index (Phi) is 4.72. The van der Waals surface area contributed by atoms with E-state index in [-0.39, 0.29) is 5.91 Å². The first-order chi connectivity index (χ1) is 10.1. The van der Waals surface area contributed by atoms with Gasteiger partial charge in [0.2, 0.25) is 0 Å². The van der Waals surface area contributed by atoms with E-state index in [2.05, 4.69) is 10.5 Å². The lowest BCUT2D eigenvalue weighted by Gasteiger charge is -2.05. The molecule has 0 saturated heterocycles. The number of ether oxygens (including phenoxy) is 1. The van der Waals surface area contributed by atoms with E-state index in [1.54, 1.807) is 31.4 Å². The van der Waals surface area contributed by atoms with Gasteiger partial charge in [-0.3, -0.25) is 4.79 Å². The van der Waals surface area contributed by atoms with Crippen LogP contribution in [0.5, 0.6) is 5.75 Å². The van der Waals surface area contributed by atoms with E-state index in [0.717, 1.165) is 16.8 Å². The first-order valence-corrected chi connectivity index (χ1v) is 6.66. The molecule has 0 spiro atoms. The van der Waals surface area contributed by atoms with E-state index in [1.807, 2.05) is 38.1 Å². The number of methoxy groups -OCH3 is 1. The molecule has 0 fully saturated rings. The van der Waals surface area contributed by atoms with Crippen molar-refractivity contribution in [1.29, 1.82) is 0 Å². The van der Waals surface area contributed by atoms with Crippen LogP contribution in [0.15, 0.2) is 53.6 Å². The van der Waals surface area contributed by atoms with Crippen molar-refractivity contribution in [2.45, 2.75) is 13.8 Å². The third-order valence-electron chi connectivity index (χ3n) is 3.09. The maximum absolute atomic E-state index is 12.0. The minimum absolute atomic E-state index is 0.263. The van der Waals surface area contributed by atoms with E-state index in [9.17, 15) is 4.79 Å². The number of aryl methyl sites for hydroxylation is 1. The SMILES string of the molecule is COc1cccc(C(=O)N/N=C(\C)c2cccc(C)c2)c1. The number of carbonyl (C=O) groups excluding carboxylic acids is 1. The highest BCUT2D eigenvalue weighted by Gasteiger charge is 2.06. The molecule has 1 N–H and O–H groups in total. The molecule has 2 rings (SSSR count). The summed E-state index contributed by atoms with van der Waals surface area (Å²) in [6.45, 7) is 3.88. The van der Waals surface area contributed by atoms with Crippen LogP contribution < -0.4 is 10.2 Å². The predicted molar refractivity (Wildman–Crippen MR) is 83.9 cm³/mol. The van der Waals surface area contributed by atoms with Crippen LogP contribution in [-0.2, 0) is 0 Å². The molecule has 0 unspecified atom stereocenters. The zero-order valence-electron chi connectivity index (χ0n) is 12.4. The maximum Gasteiger partial charge on any atom is 0.271 e. The Labute approximate surface area is 124 Å². The van der Waals surface area contributed by atoms with E-state index < -0.39 is 0 Å². The molecule has 108 valence electrons. The molecule has 0 aliphatic carbocycles. The van der Waals surface area contributed by atoms with Crippen molar-refractivity contribution in [3.63, 3.8) is 0 Å². The standard InChI is InChI=1S/C17H18N2O2/c1-12-6-4-7-14(10-12)13(2)18-19-17(20)15-8-5-9-16(11-15)21-3/h4-11H,1-3H3,(H,19,20)/b18-13+. The molecule has 0 aromatic heterocycles. The Balaban J connectivity index is 2.10. The number of hydrogen-bond donors (Lipinski definition) is 1. The van der Waals surface area contributed by atoms with Gasteiger partial charge in [0.05, 0.1) is 12.8 Å². The summed E-state index contributed by atoms with van der Waals surface area (Å²) in [4.78, 5) is 12.0. The summed E-state index contributed by atoms with van der Waals surface area (Å²) in [6.07, 6.45) is 0. The molecule has 0 saturated carbocycles. The molecule has 2 aromatic carbocycles. The molecule has 0 radical (unpaired) electrons. The summed E-state index contributed by atoms with van der Waals surface area (Å²) >= 11 is 0. The first kappa shape index (κ1) is 14.8. The molecule has 21 heavy (non-hydrogen) atoms. The fraction of sp³-hybridized carbons (Fsp3) is 0.176. The summed E-state index contributed by atoms with van der Waals surface area (Å²) in [5.74, 6) is 0.378. The minimum atomic E-state index is -0.263. The van der Waals surface area contributed by atoms with Crippen LogP contribution in [-0.4, -0.2) is 18.7 Å². The van der Waals surface area contributed by atoms with Crippen molar-refractivity contribution < 1.29 is 9.53 Å². The number of rotatable bonds is 4. The molecule has 0 atom stereocenters. The second-order valence-electron chi connectivity index (χ2n) is 4.74. The molecule has 4 heteroatoms. The number of nitrogens with one attached hydrogen (secondary N) is 1. The average molecular weight is 282 g/mol. The molecular weight excluding hydrogens is 264 g/mol. The summed E-state index contributed by atoms with van der Waals surface area (Å²) in [5, 5.41) is 4.14. The summed E-state index contributed by atoms with van der Waals surface area (Å²) in [6, 6.07) is 14.9. The van der Waals surface area contributed by atoms with Crippen LogP contribution in [0, 0.1) is 6.92 Å². The van der Waals surface area contributed by atoms with Crippen LogP contribution in [0.4, 0.5) is 0 Å². The lowest BCUT2D eigenvalue weighted by atomic mass is 10.1. The van der Waals surface area contributed by atoms with Gasteiger partial charge in [-0.25, -0.2) is 5.43 Å². The molecule has 0 bridgehead atoms. The van der Waals surface area contributed by atoms with Gasteiger partial charge in [-0.05, 0) is 37.6 Å². The molecule has 0 aliphatic heterocycles. The third-order valence-corrected chi connectivity index (χ3v) is 3.09. The summed E-state index contributed by atoms with van der Waals surface area (Å²) in [7, 11) is 1.57. The Hall–Kier alpha value is -2.62. The van der Waals surface area contributed by atoms with Crippen molar-refractivity contribution in [1.82, 2.24) is 5.43 Å². The van der Waals surface area contributed by atoms with Gasteiger partial charge in [0.1, 0.15) is 5.75 Å². The van der Waals surface area contributed by atoms with Crippen LogP contribution in [0.2, 0.25) is 0 Å². The lowest BCUT2D eigenvalue weighted by Crippen LogP contribution is -2.19. The molecule has 2 aromatic rings. The van der Waals surface area contributed by atoms with Gasteiger partial charge in [-0.1, -0.05) is 35.9 Å². The maximum atomic E-state index is 12.0. The largest absolute Gasteiger partial charge is 0.497 e. The molecule has 0 heterocycles. The van der Waals surface area contributed by atoms with E-state index in [0.29, 0.717) is 11.3 Å². The van der Waals surface area contributed by atoms with Crippen molar-refractivity contribution in [2.24, 2.45) is 5.10 Å². The van der Waals surface area contributed by atoms with Crippen molar-refractivity contribution >= 4 is 11.6 Å². The quantitative estimate of drug-likeness (QED) is 0.691. The van der Waals surface area contributed by atoms with Gasteiger partial charge >= 0.3 is 0 Å². The van der Waals surface area contributed by atoms with E-state index >= 15 is 0 Å². The number of hydrogen-bond acceptors (Lipinski definition) is 3. The fourth-order valence-corrected chi connectivity index (χ4v) is 1.90. The molecule has 1 amide bonds. The number of carbonyl (C=O) groups is 1.